The van der Waals surface area contributed by atoms with Gasteiger partial charge in [-0.15, -0.1) is 0 Å². The van der Waals surface area contributed by atoms with Crippen molar-refractivity contribution in [1.29, 1.82) is 0 Å². The van der Waals surface area contributed by atoms with Crippen LogP contribution in [-0.4, -0.2) is 75.4 Å². The molecule has 13 heteroatoms. The molecule has 2 amide bonds. The lowest BCUT2D eigenvalue weighted by molar-refractivity contribution is -0.119. The smallest absolute Gasteiger partial charge is 0.410 e. The number of methoxy groups -OCH3 is 1. The number of fused-ring (bicyclic) bond motifs is 1. The number of carbonyl (C=O) groups excluding carboxylic acids is 2. The average molecular weight is 758 g/mol. The molecule has 276 valence electrons. The molecule has 1 fully saturated rings. The Bertz CT molecular complexity index is 2140. The van der Waals surface area contributed by atoms with Crippen LogP contribution in [0.5, 0.6) is 5.88 Å². The first-order valence-electron chi connectivity index (χ1n) is 17.4. The lowest BCUT2D eigenvalue weighted by Gasteiger charge is -2.29. The molecule has 11 nitrogen and oxygen atoms in total. The third-order valence-electron chi connectivity index (χ3n) is 8.75. The number of nitrogens with one attached hydrogen (secondary N) is 2. The van der Waals surface area contributed by atoms with E-state index in [0.717, 1.165) is 33.2 Å². The van der Waals surface area contributed by atoms with Gasteiger partial charge in [0.15, 0.2) is 0 Å². The van der Waals surface area contributed by atoms with Crippen molar-refractivity contribution < 1.29 is 24.2 Å². The summed E-state index contributed by atoms with van der Waals surface area (Å²) >= 11 is 14.2. The van der Waals surface area contributed by atoms with Gasteiger partial charge in [-0.25, -0.2) is 9.78 Å². The summed E-state index contributed by atoms with van der Waals surface area (Å²) in [5.41, 5.74) is 5.85. The minimum absolute atomic E-state index is 0.0313. The Morgan fingerprint density at radius 3 is 2.32 bits per heavy atom. The molecule has 6 rings (SSSR count). The number of amides is 2. The summed E-state index contributed by atoms with van der Waals surface area (Å²) in [6.07, 6.45) is 4.16. The van der Waals surface area contributed by atoms with Gasteiger partial charge < -0.3 is 30.1 Å². The number of benzene rings is 2. The van der Waals surface area contributed by atoms with Gasteiger partial charge in [-0.1, -0.05) is 59.6 Å². The number of carbonyl (C=O) groups is 2. The highest BCUT2D eigenvalue weighted by atomic mass is 35.5. The van der Waals surface area contributed by atoms with Crippen LogP contribution < -0.4 is 15.4 Å². The molecule has 0 saturated carbocycles. The largest absolute Gasteiger partial charge is 0.481 e. The fourth-order valence-electron chi connectivity index (χ4n) is 6.23. The van der Waals surface area contributed by atoms with E-state index in [0.29, 0.717) is 64.4 Å². The van der Waals surface area contributed by atoms with Crippen molar-refractivity contribution in [2.24, 2.45) is 0 Å². The van der Waals surface area contributed by atoms with Crippen LogP contribution in [0.15, 0.2) is 73.1 Å². The van der Waals surface area contributed by atoms with E-state index >= 15 is 0 Å². The molecule has 3 aromatic heterocycles. The third-order valence-corrected chi connectivity index (χ3v) is 9.56. The lowest BCUT2D eigenvalue weighted by atomic mass is 9.98. The third kappa shape index (κ3) is 9.05. The van der Waals surface area contributed by atoms with Crippen molar-refractivity contribution >= 4 is 46.1 Å². The van der Waals surface area contributed by atoms with Gasteiger partial charge in [-0.2, -0.15) is 0 Å². The van der Waals surface area contributed by atoms with E-state index in [4.69, 9.17) is 47.8 Å². The number of halogens is 2. The maximum absolute atomic E-state index is 13.3. The van der Waals surface area contributed by atoms with Gasteiger partial charge in [0.05, 0.1) is 47.2 Å². The monoisotopic (exact) mass is 756 g/mol. The molecule has 3 N–H and O–H groups in total. The van der Waals surface area contributed by atoms with E-state index in [2.05, 4.69) is 15.6 Å². The van der Waals surface area contributed by atoms with Gasteiger partial charge in [0.2, 0.25) is 11.8 Å². The number of pyridine rings is 3. The Morgan fingerprint density at radius 1 is 0.981 bits per heavy atom. The molecule has 0 aliphatic carbocycles. The molecular weight excluding hydrogens is 715 g/mol. The summed E-state index contributed by atoms with van der Waals surface area (Å²) in [6.45, 7) is 7.06. The predicted octanol–water partition coefficient (Wildman–Crippen LogP) is 7.44. The number of hydrogen-bond acceptors (Lipinski definition) is 9. The second-order valence-electron chi connectivity index (χ2n) is 13.9. The SMILES string of the molecule is COc1nc(-c2cccc(-c3cccc(-c4cc5ncc(CNCCO)cc5cn4)c3Cl)c2Cl)ccc1CN(C[C@@H]1CCC(=O)N1)C(=O)OC(C)(C)C. The molecule has 4 heterocycles. The summed E-state index contributed by atoms with van der Waals surface area (Å²) in [5.74, 6) is 0.300. The molecule has 1 aliphatic heterocycles. The number of nitrogens with zero attached hydrogens (tertiary/aromatic N) is 4. The van der Waals surface area contributed by atoms with Crippen molar-refractivity contribution in [2.45, 2.75) is 58.3 Å². The molecule has 0 spiro atoms. The van der Waals surface area contributed by atoms with Crippen LogP contribution in [0, 0.1) is 0 Å². The van der Waals surface area contributed by atoms with Gasteiger partial charge >= 0.3 is 6.09 Å². The zero-order valence-electron chi connectivity index (χ0n) is 30.1. The standard InChI is InChI=1S/C40H42Cl2N6O5/c1-40(2,3)53-39(51)48(23-27-12-14-35(50)46-27)22-25-11-13-32(47-38(25)52-4)30-9-5-7-28(36(30)41)29-8-6-10-31(37(29)42)34-18-33-26(21-45-34)17-24(20-44-33)19-43-15-16-49/h5-11,13,17-18,20-21,27,43,49H,12,14-16,19,22-23H2,1-4H3,(H,46,50)/t27-/m0/s1. The van der Waals surface area contributed by atoms with Gasteiger partial charge in [-0.3, -0.25) is 14.8 Å². The second kappa shape index (κ2) is 16.5. The zero-order valence-corrected chi connectivity index (χ0v) is 31.6. The van der Waals surface area contributed by atoms with Crippen LogP contribution in [-0.2, 0) is 22.6 Å². The molecule has 5 aromatic rings. The molecule has 1 saturated heterocycles. The molecule has 0 unspecified atom stereocenters. The maximum atomic E-state index is 13.3. The molecule has 1 aliphatic rings. The van der Waals surface area contributed by atoms with Crippen LogP contribution in [0.3, 0.4) is 0 Å². The van der Waals surface area contributed by atoms with Crippen LogP contribution in [0.25, 0.3) is 44.5 Å². The topological polar surface area (TPSA) is 139 Å². The number of aromatic nitrogens is 3. The highest BCUT2D eigenvalue weighted by molar-refractivity contribution is 6.39. The molecular formula is C40H42Cl2N6O5. The van der Waals surface area contributed by atoms with Crippen molar-refractivity contribution in [3.63, 3.8) is 0 Å². The van der Waals surface area contributed by atoms with Crippen molar-refractivity contribution in [3.05, 3.63) is 94.2 Å². The Balaban J connectivity index is 1.27. The van der Waals surface area contributed by atoms with Crippen molar-refractivity contribution in [2.75, 3.05) is 26.8 Å². The predicted molar refractivity (Wildman–Crippen MR) is 207 cm³/mol. The first kappa shape index (κ1) is 37.9. The summed E-state index contributed by atoms with van der Waals surface area (Å²) in [6, 6.07) is 18.9. The Hall–Kier alpha value is -4.81. The van der Waals surface area contributed by atoms with Gasteiger partial charge in [-0.05, 0) is 57.0 Å². The van der Waals surface area contributed by atoms with Crippen molar-refractivity contribution in [1.82, 2.24) is 30.5 Å². The van der Waals surface area contributed by atoms with Crippen LogP contribution in [0.4, 0.5) is 4.79 Å². The fourth-order valence-corrected chi connectivity index (χ4v) is 6.88. The van der Waals surface area contributed by atoms with E-state index in [1.165, 1.54) is 7.11 Å². The second-order valence-corrected chi connectivity index (χ2v) is 14.6. The maximum Gasteiger partial charge on any atom is 0.410 e. The van der Waals surface area contributed by atoms with Gasteiger partial charge in [0.25, 0.3) is 0 Å². The van der Waals surface area contributed by atoms with Crippen LogP contribution >= 0.6 is 23.2 Å². The normalized spacial score (nSPS) is 14.3. The Morgan fingerprint density at radius 2 is 1.68 bits per heavy atom. The molecule has 1 atom stereocenters. The molecule has 2 aromatic carbocycles. The number of ether oxygens (including phenoxy) is 2. The summed E-state index contributed by atoms with van der Waals surface area (Å²) in [7, 11) is 1.53. The van der Waals surface area contributed by atoms with E-state index in [9.17, 15) is 9.59 Å². The minimum Gasteiger partial charge on any atom is -0.481 e. The molecule has 0 bridgehead atoms. The van der Waals surface area contributed by atoms with E-state index in [-0.39, 0.29) is 31.6 Å². The quantitative estimate of drug-likeness (QED) is 0.111. The Kier molecular flexibility index (Phi) is 11.8. The van der Waals surface area contributed by atoms with Gasteiger partial charge in [0, 0.05) is 77.7 Å². The van der Waals surface area contributed by atoms with Crippen molar-refractivity contribution in [3.8, 4) is 39.5 Å². The first-order valence-corrected chi connectivity index (χ1v) is 18.1. The number of aliphatic hydroxyl groups excluding tert-OH is 1. The lowest BCUT2D eigenvalue weighted by Crippen LogP contribution is -2.43. The average Bonchev–Trinajstić information content (AvgIpc) is 3.55. The highest BCUT2D eigenvalue weighted by Crippen LogP contribution is 2.42. The number of aliphatic hydroxyl groups is 1. The summed E-state index contributed by atoms with van der Waals surface area (Å²) in [4.78, 5) is 40.9. The Labute approximate surface area is 318 Å². The molecule has 53 heavy (non-hydrogen) atoms. The number of hydrogen-bond donors (Lipinski definition) is 3. The van der Waals surface area contributed by atoms with E-state index < -0.39 is 11.7 Å². The van der Waals surface area contributed by atoms with E-state index in [1.807, 2.05) is 87.6 Å². The number of rotatable bonds is 12. The summed E-state index contributed by atoms with van der Waals surface area (Å²) < 4.78 is 11.4. The van der Waals surface area contributed by atoms with Crippen LogP contribution in [0.1, 0.15) is 44.7 Å². The fraction of sp³-hybridized carbons (Fsp3) is 0.325. The van der Waals surface area contributed by atoms with E-state index in [1.54, 1.807) is 11.1 Å². The summed E-state index contributed by atoms with van der Waals surface area (Å²) in [5, 5.41) is 17.0. The molecule has 0 radical (unpaired) electrons. The van der Waals surface area contributed by atoms with Crippen LogP contribution in [0.2, 0.25) is 10.0 Å². The first-order chi connectivity index (χ1) is 25.4. The minimum atomic E-state index is -0.697. The van der Waals surface area contributed by atoms with Gasteiger partial charge in [0.1, 0.15) is 5.60 Å². The zero-order chi connectivity index (χ0) is 37.7. The highest BCUT2D eigenvalue weighted by Gasteiger charge is 2.29.